The second-order valence-corrected chi connectivity index (χ2v) is 3.97. The highest BCUT2D eigenvalue weighted by molar-refractivity contribution is 6.15. The van der Waals surface area contributed by atoms with Crippen molar-refractivity contribution in [2.75, 3.05) is 5.32 Å². The largest absolute Gasteiger partial charge is 0.419 e. The number of hydrogen-bond acceptors (Lipinski definition) is 7. The van der Waals surface area contributed by atoms with E-state index < -0.39 is 17.7 Å². The molecule has 0 atom stereocenters. The second kappa shape index (κ2) is 4.44. The third kappa shape index (κ3) is 2.62. The summed E-state index contributed by atoms with van der Waals surface area (Å²) in [7, 11) is 0. The number of esters is 2. The van der Waals surface area contributed by atoms with Crippen molar-refractivity contribution in [1.29, 1.82) is 0 Å². The summed E-state index contributed by atoms with van der Waals surface area (Å²) in [4.78, 5) is 30.9. The van der Waals surface area contributed by atoms with Crippen LogP contribution in [0, 0.1) is 0 Å². The molecule has 1 N–H and O–H groups in total. The molecule has 0 saturated carbocycles. The molecule has 0 unspecified atom stereocenters. The van der Waals surface area contributed by atoms with Crippen LogP contribution in [-0.4, -0.2) is 27.7 Å². The van der Waals surface area contributed by atoms with Crippen LogP contribution < -0.4 is 5.32 Å². The predicted octanol–water partition coefficient (Wildman–Crippen LogP) is 0.608. The van der Waals surface area contributed by atoms with Crippen LogP contribution >= 0.6 is 0 Å². The summed E-state index contributed by atoms with van der Waals surface area (Å²) >= 11 is 0. The Hall–Kier alpha value is -2.44. The van der Waals surface area contributed by atoms with Gasteiger partial charge in [-0.2, -0.15) is 0 Å². The Kier molecular flexibility index (Phi) is 2.97. The highest BCUT2D eigenvalue weighted by atomic mass is 16.7. The maximum absolute atomic E-state index is 11.6. The van der Waals surface area contributed by atoms with Crippen LogP contribution in [0.1, 0.15) is 13.8 Å². The van der Waals surface area contributed by atoms with E-state index in [1.807, 2.05) is 0 Å². The minimum Gasteiger partial charge on any atom is -0.419 e. The Morgan fingerprint density at radius 1 is 1.22 bits per heavy atom. The van der Waals surface area contributed by atoms with Crippen LogP contribution in [0.4, 0.5) is 5.82 Å². The Morgan fingerprint density at radius 3 is 2.44 bits per heavy atom. The average Bonchev–Trinajstić information content (AvgIpc) is 2.27. The van der Waals surface area contributed by atoms with Gasteiger partial charge in [-0.05, 0) is 0 Å². The lowest BCUT2D eigenvalue weighted by Crippen LogP contribution is -2.42. The molecule has 0 aromatic carbocycles. The SMILES string of the molecule is CC1(C)OC(=O)C(=CNc2cnccn2)C(=O)O1. The molecule has 2 heterocycles. The molecular formula is C11H11N3O4. The number of hydrogen-bond donors (Lipinski definition) is 1. The van der Waals surface area contributed by atoms with Crippen molar-refractivity contribution in [3.63, 3.8) is 0 Å². The van der Waals surface area contributed by atoms with Gasteiger partial charge in [-0.15, -0.1) is 0 Å². The molecule has 7 heteroatoms. The summed E-state index contributed by atoms with van der Waals surface area (Å²) in [5.74, 6) is -2.33. The maximum atomic E-state index is 11.6. The number of ether oxygens (including phenoxy) is 2. The number of aromatic nitrogens is 2. The first-order valence-electron chi connectivity index (χ1n) is 5.17. The average molecular weight is 249 g/mol. The van der Waals surface area contributed by atoms with Gasteiger partial charge in [0.1, 0.15) is 5.82 Å². The zero-order chi connectivity index (χ0) is 13.2. The molecule has 0 radical (unpaired) electrons. The lowest BCUT2D eigenvalue weighted by molar-refractivity contribution is -0.222. The fourth-order valence-electron chi connectivity index (χ4n) is 1.30. The zero-order valence-corrected chi connectivity index (χ0v) is 9.84. The van der Waals surface area contributed by atoms with Gasteiger partial charge in [0.2, 0.25) is 0 Å². The Labute approximate surface area is 103 Å². The molecular weight excluding hydrogens is 238 g/mol. The highest BCUT2D eigenvalue weighted by Crippen LogP contribution is 2.22. The van der Waals surface area contributed by atoms with E-state index >= 15 is 0 Å². The number of nitrogens with zero attached hydrogens (tertiary/aromatic N) is 2. The van der Waals surface area contributed by atoms with E-state index in [0.29, 0.717) is 5.82 Å². The molecule has 1 aromatic rings. The lowest BCUT2D eigenvalue weighted by Gasteiger charge is -2.29. The maximum Gasteiger partial charge on any atom is 0.350 e. The van der Waals surface area contributed by atoms with Crippen molar-refractivity contribution in [3.8, 4) is 0 Å². The molecule has 0 aliphatic carbocycles. The number of anilines is 1. The molecule has 1 fully saturated rings. The second-order valence-electron chi connectivity index (χ2n) is 3.97. The molecule has 0 bridgehead atoms. The first-order valence-corrected chi connectivity index (χ1v) is 5.17. The normalized spacial score (nSPS) is 17.8. The molecule has 2 rings (SSSR count). The molecule has 1 saturated heterocycles. The summed E-state index contributed by atoms with van der Waals surface area (Å²) < 4.78 is 9.84. The van der Waals surface area contributed by atoms with E-state index in [-0.39, 0.29) is 5.57 Å². The van der Waals surface area contributed by atoms with Gasteiger partial charge < -0.3 is 14.8 Å². The Balaban J connectivity index is 2.14. The van der Waals surface area contributed by atoms with Crippen LogP contribution in [0.2, 0.25) is 0 Å². The summed E-state index contributed by atoms with van der Waals surface area (Å²) in [6.07, 6.45) is 5.61. The van der Waals surface area contributed by atoms with Crippen LogP contribution in [0.5, 0.6) is 0 Å². The fraction of sp³-hybridized carbons (Fsp3) is 0.273. The van der Waals surface area contributed by atoms with E-state index in [9.17, 15) is 9.59 Å². The molecule has 7 nitrogen and oxygen atoms in total. The molecule has 94 valence electrons. The molecule has 0 spiro atoms. The summed E-state index contributed by atoms with van der Waals surface area (Å²) in [5, 5.41) is 2.67. The van der Waals surface area contributed by atoms with Gasteiger partial charge in [0.15, 0.2) is 5.57 Å². The van der Waals surface area contributed by atoms with E-state index in [4.69, 9.17) is 9.47 Å². The standard InChI is InChI=1S/C11H11N3O4/c1-11(2)17-9(15)7(10(16)18-11)5-14-8-6-12-3-4-13-8/h3-6H,1-2H3,(H,13,14). The van der Waals surface area contributed by atoms with E-state index in [1.165, 1.54) is 38.6 Å². The van der Waals surface area contributed by atoms with Crippen molar-refractivity contribution >= 4 is 17.8 Å². The Bertz CT molecular complexity index is 488. The third-order valence-electron chi connectivity index (χ3n) is 2.04. The van der Waals surface area contributed by atoms with Crippen molar-refractivity contribution < 1.29 is 19.1 Å². The number of nitrogens with one attached hydrogen (secondary N) is 1. The van der Waals surface area contributed by atoms with Crippen LogP contribution in [0.25, 0.3) is 0 Å². The predicted molar refractivity (Wildman–Crippen MR) is 60.0 cm³/mol. The topological polar surface area (TPSA) is 90.4 Å². The van der Waals surface area contributed by atoms with Crippen molar-refractivity contribution in [2.45, 2.75) is 19.6 Å². The van der Waals surface area contributed by atoms with Crippen LogP contribution in [-0.2, 0) is 19.1 Å². The minimum atomic E-state index is -1.24. The highest BCUT2D eigenvalue weighted by Gasteiger charge is 2.38. The molecule has 0 amide bonds. The van der Waals surface area contributed by atoms with Crippen LogP contribution in [0.15, 0.2) is 30.4 Å². The first kappa shape index (κ1) is 12.0. The molecule has 1 aliphatic heterocycles. The van der Waals surface area contributed by atoms with Gasteiger partial charge in [-0.25, -0.2) is 14.6 Å². The van der Waals surface area contributed by atoms with E-state index in [1.54, 1.807) is 0 Å². The van der Waals surface area contributed by atoms with Crippen LogP contribution in [0.3, 0.4) is 0 Å². The number of carbonyl (C=O) groups excluding carboxylic acids is 2. The number of carbonyl (C=O) groups is 2. The zero-order valence-electron chi connectivity index (χ0n) is 9.84. The smallest absolute Gasteiger partial charge is 0.350 e. The molecule has 1 aliphatic rings. The van der Waals surface area contributed by atoms with Crippen molar-refractivity contribution in [2.24, 2.45) is 0 Å². The van der Waals surface area contributed by atoms with Gasteiger partial charge in [0.05, 0.1) is 6.20 Å². The summed E-state index contributed by atoms with van der Waals surface area (Å²) in [6, 6.07) is 0. The van der Waals surface area contributed by atoms with Crippen molar-refractivity contribution in [1.82, 2.24) is 9.97 Å². The van der Waals surface area contributed by atoms with E-state index in [0.717, 1.165) is 0 Å². The van der Waals surface area contributed by atoms with Gasteiger partial charge in [0.25, 0.3) is 5.79 Å². The van der Waals surface area contributed by atoms with E-state index in [2.05, 4.69) is 15.3 Å². The molecule has 1 aromatic heterocycles. The molecule has 18 heavy (non-hydrogen) atoms. The number of cyclic esters (lactones) is 2. The van der Waals surface area contributed by atoms with Gasteiger partial charge >= 0.3 is 11.9 Å². The van der Waals surface area contributed by atoms with Crippen molar-refractivity contribution in [3.05, 3.63) is 30.4 Å². The Morgan fingerprint density at radius 2 is 1.89 bits per heavy atom. The van der Waals surface area contributed by atoms with Gasteiger partial charge in [-0.3, -0.25) is 4.98 Å². The number of rotatable bonds is 2. The quantitative estimate of drug-likeness (QED) is 0.466. The van der Waals surface area contributed by atoms with Gasteiger partial charge in [0, 0.05) is 32.4 Å². The first-order chi connectivity index (χ1) is 8.48. The minimum absolute atomic E-state index is 0.222. The van der Waals surface area contributed by atoms with Gasteiger partial charge in [-0.1, -0.05) is 0 Å². The lowest BCUT2D eigenvalue weighted by atomic mass is 10.2. The fourth-order valence-corrected chi connectivity index (χ4v) is 1.30. The summed E-state index contributed by atoms with van der Waals surface area (Å²) in [5.41, 5.74) is -0.222. The monoisotopic (exact) mass is 249 g/mol. The summed E-state index contributed by atoms with van der Waals surface area (Å²) in [6.45, 7) is 2.96. The third-order valence-corrected chi connectivity index (χ3v) is 2.04.